The van der Waals surface area contributed by atoms with Crippen molar-refractivity contribution in [1.82, 2.24) is 4.57 Å². The van der Waals surface area contributed by atoms with E-state index in [1.807, 2.05) is 31.2 Å². The maximum absolute atomic E-state index is 11.9. The van der Waals surface area contributed by atoms with Crippen molar-refractivity contribution in [1.29, 1.82) is 0 Å². The first-order valence-electron chi connectivity index (χ1n) is 6.94. The number of esters is 1. The Kier molecular flexibility index (Phi) is 6.39. The summed E-state index contributed by atoms with van der Waals surface area (Å²) in [6.45, 7) is 11.8. The highest BCUT2D eigenvalue weighted by atomic mass is 127. The molecule has 2 aromatic rings. The van der Waals surface area contributed by atoms with Crippen LogP contribution in [0.25, 0.3) is 11.0 Å². The molecule has 5 heteroatoms. The first-order valence-corrected chi connectivity index (χ1v) is 6.94. The Labute approximate surface area is 142 Å². The molecule has 0 aliphatic carbocycles. The van der Waals surface area contributed by atoms with Crippen molar-refractivity contribution in [2.75, 3.05) is 6.61 Å². The highest BCUT2D eigenvalue weighted by Crippen LogP contribution is 2.17. The molecule has 4 nitrogen and oxygen atoms in total. The molecule has 0 saturated heterocycles. The van der Waals surface area contributed by atoms with E-state index in [1.165, 1.54) is 0 Å². The Morgan fingerprint density at radius 1 is 1.43 bits per heavy atom. The molecular weight excluding hydrogens is 379 g/mol. The quantitative estimate of drug-likeness (QED) is 0.297. The Bertz CT molecular complexity index is 662. The van der Waals surface area contributed by atoms with Crippen molar-refractivity contribution in [3.05, 3.63) is 42.2 Å². The van der Waals surface area contributed by atoms with E-state index in [4.69, 9.17) is 4.74 Å². The summed E-state index contributed by atoms with van der Waals surface area (Å²) >= 11 is 0. The fraction of sp³-hybridized carbons (Fsp3) is 0.375. The Balaban J connectivity index is 0.00000220. The second kappa shape index (κ2) is 7.59. The van der Waals surface area contributed by atoms with E-state index < -0.39 is 0 Å². The average Bonchev–Trinajstić information content (AvgIpc) is 2.71. The van der Waals surface area contributed by atoms with Gasteiger partial charge in [-0.1, -0.05) is 12.7 Å². The minimum Gasteiger partial charge on any atom is -1.00 e. The Morgan fingerprint density at radius 2 is 2.14 bits per heavy atom. The predicted octanol–water partition coefficient (Wildman–Crippen LogP) is -0.376. The van der Waals surface area contributed by atoms with Crippen LogP contribution in [0, 0.1) is 6.92 Å². The number of halogens is 1. The van der Waals surface area contributed by atoms with Gasteiger partial charge < -0.3 is 28.7 Å². The van der Waals surface area contributed by atoms with Crippen LogP contribution in [-0.4, -0.2) is 17.1 Å². The maximum atomic E-state index is 11.9. The molecule has 0 saturated carbocycles. The lowest BCUT2D eigenvalue weighted by atomic mass is 10.2. The largest absolute Gasteiger partial charge is 1.00 e. The van der Waals surface area contributed by atoms with Crippen LogP contribution in [-0.2, 0) is 17.8 Å². The molecule has 0 spiro atoms. The van der Waals surface area contributed by atoms with Gasteiger partial charge in [0.1, 0.15) is 6.54 Å². The third kappa shape index (κ3) is 3.28. The lowest BCUT2D eigenvalue weighted by molar-refractivity contribution is -0.674. The summed E-state index contributed by atoms with van der Waals surface area (Å²) in [7, 11) is 0. The maximum Gasteiger partial charge on any atom is 0.338 e. The van der Waals surface area contributed by atoms with Crippen LogP contribution in [0.15, 0.2) is 30.9 Å². The predicted molar refractivity (Wildman–Crippen MR) is 78.7 cm³/mol. The fourth-order valence-corrected chi connectivity index (χ4v) is 2.56. The standard InChI is InChI=1S/C16H21N2O2.HI/c1-5-10-18-12(4)17(6-2)14-9-8-13(11-15(14)18)16(19)20-7-3;/h5,8-9,11H,1,6-7,10H2,2-4H3;1H/q+1;/p-1. The van der Waals surface area contributed by atoms with Crippen molar-refractivity contribution in [3.63, 3.8) is 0 Å². The van der Waals surface area contributed by atoms with Gasteiger partial charge in [-0.25, -0.2) is 13.9 Å². The van der Waals surface area contributed by atoms with Crippen LogP contribution >= 0.6 is 0 Å². The van der Waals surface area contributed by atoms with E-state index in [9.17, 15) is 4.79 Å². The van der Waals surface area contributed by atoms with E-state index in [1.54, 1.807) is 0 Å². The number of hydrogen-bond donors (Lipinski definition) is 0. The zero-order chi connectivity index (χ0) is 14.7. The van der Waals surface area contributed by atoms with Gasteiger partial charge in [-0.15, -0.1) is 0 Å². The molecule has 0 fully saturated rings. The number of nitrogens with zero attached hydrogens (tertiary/aromatic N) is 2. The lowest BCUT2D eigenvalue weighted by Gasteiger charge is -2.01. The molecule has 0 radical (unpaired) electrons. The summed E-state index contributed by atoms with van der Waals surface area (Å²) in [6.07, 6.45) is 1.86. The zero-order valence-corrected chi connectivity index (χ0v) is 14.9. The lowest BCUT2D eigenvalue weighted by Crippen LogP contribution is -3.00. The number of fused-ring (bicyclic) bond motifs is 1. The van der Waals surface area contributed by atoms with Crippen molar-refractivity contribution in [3.8, 4) is 0 Å². The number of carbonyl (C=O) groups is 1. The van der Waals surface area contributed by atoms with Gasteiger partial charge >= 0.3 is 5.97 Å². The van der Waals surface area contributed by atoms with Crippen molar-refractivity contribution < 1.29 is 38.1 Å². The van der Waals surface area contributed by atoms with Gasteiger partial charge in [0.05, 0.1) is 18.7 Å². The number of ether oxygens (including phenoxy) is 1. The summed E-state index contributed by atoms with van der Waals surface area (Å²) in [5.74, 6) is 0.880. The molecule has 1 aromatic carbocycles. The molecule has 114 valence electrons. The monoisotopic (exact) mass is 400 g/mol. The van der Waals surface area contributed by atoms with Crippen LogP contribution in [0.4, 0.5) is 0 Å². The molecule has 0 atom stereocenters. The smallest absolute Gasteiger partial charge is 0.338 e. The number of aromatic nitrogens is 2. The number of aryl methyl sites for hydroxylation is 1. The number of hydrogen-bond acceptors (Lipinski definition) is 2. The summed E-state index contributed by atoms with van der Waals surface area (Å²) in [5.41, 5.74) is 2.75. The molecule has 1 heterocycles. The van der Waals surface area contributed by atoms with Crippen molar-refractivity contribution in [2.24, 2.45) is 0 Å². The van der Waals surface area contributed by atoms with Gasteiger partial charge in [0.2, 0.25) is 0 Å². The number of rotatable bonds is 5. The van der Waals surface area contributed by atoms with Gasteiger partial charge in [-0.05, 0) is 26.0 Å². The van der Waals surface area contributed by atoms with Gasteiger partial charge in [-0.2, -0.15) is 0 Å². The molecule has 0 amide bonds. The van der Waals surface area contributed by atoms with E-state index >= 15 is 0 Å². The number of imidazole rings is 1. The first-order chi connectivity index (χ1) is 9.63. The Morgan fingerprint density at radius 3 is 2.71 bits per heavy atom. The Hall–Kier alpha value is -1.37. The van der Waals surface area contributed by atoms with Crippen LogP contribution in [0.2, 0.25) is 0 Å². The number of allylic oxidation sites excluding steroid dienone is 1. The minimum absolute atomic E-state index is 0. The summed E-state index contributed by atoms with van der Waals surface area (Å²) in [4.78, 5) is 11.9. The molecular formula is C16H21IN2O2. The molecule has 1 aromatic heterocycles. The fourth-order valence-electron chi connectivity index (χ4n) is 2.56. The van der Waals surface area contributed by atoms with E-state index in [0.29, 0.717) is 12.2 Å². The summed E-state index contributed by atoms with van der Waals surface area (Å²) in [5, 5.41) is 0. The molecule has 0 aliphatic heterocycles. The van der Waals surface area contributed by atoms with Crippen LogP contribution in [0.5, 0.6) is 0 Å². The van der Waals surface area contributed by atoms with Crippen LogP contribution in [0.1, 0.15) is 30.0 Å². The molecule has 2 rings (SSSR count). The van der Waals surface area contributed by atoms with E-state index in [-0.39, 0.29) is 29.9 Å². The normalized spacial score (nSPS) is 10.2. The molecule has 21 heavy (non-hydrogen) atoms. The van der Waals surface area contributed by atoms with Crippen LogP contribution in [0.3, 0.4) is 0 Å². The first kappa shape index (κ1) is 17.7. The van der Waals surface area contributed by atoms with Gasteiger partial charge in [0.25, 0.3) is 5.82 Å². The molecule has 0 N–H and O–H groups in total. The van der Waals surface area contributed by atoms with E-state index in [2.05, 4.69) is 29.6 Å². The average molecular weight is 400 g/mol. The highest BCUT2D eigenvalue weighted by molar-refractivity contribution is 5.93. The van der Waals surface area contributed by atoms with Gasteiger partial charge in [0.15, 0.2) is 11.0 Å². The van der Waals surface area contributed by atoms with Gasteiger partial charge in [0, 0.05) is 13.0 Å². The third-order valence-electron chi connectivity index (χ3n) is 3.48. The summed E-state index contributed by atoms with van der Waals surface area (Å²) in [6, 6.07) is 5.71. The van der Waals surface area contributed by atoms with Crippen LogP contribution < -0.4 is 28.5 Å². The molecule has 0 bridgehead atoms. The molecule has 0 unspecified atom stereocenters. The van der Waals surface area contributed by atoms with Crippen molar-refractivity contribution in [2.45, 2.75) is 33.9 Å². The zero-order valence-electron chi connectivity index (χ0n) is 12.7. The minimum atomic E-state index is -0.276. The highest BCUT2D eigenvalue weighted by Gasteiger charge is 2.21. The van der Waals surface area contributed by atoms with Gasteiger partial charge in [-0.3, -0.25) is 0 Å². The van der Waals surface area contributed by atoms with Crippen molar-refractivity contribution >= 4 is 17.0 Å². The van der Waals surface area contributed by atoms with E-state index in [0.717, 1.165) is 29.9 Å². The second-order valence-corrected chi connectivity index (χ2v) is 4.61. The topological polar surface area (TPSA) is 35.1 Å². The summed E-state index contributed by atoms with van der Waals surface area (Å²) < 4.78 is 9.46. The SMILES string of the molecule is C=CCn1c(C)[n+](CC)c2ccc(C(=O)OCC)cc21.[I-]. The number of benzene rings is 1. The second-order valence-electron chi connectivity index (χ2n) is 4.61. The number of carbonyl (C=O) groups excluding carboxylic acids is 1. The third-order valence-corrected chi connectivity index (χ3v) is 3.48. The molecule has 0 aliphatic rings.